The van der Waals surface area contributed by atoms with E-state index < -0.39 is 11.7 Å². The molecule has 2 aromatic rings. The molecule has 3 N–H and O–H groups in total. The third-order valence-corrected chi connectivity index (χ3v) is 3.56. The van der Waals surface area contributed by atoms with E-state index in [0.717, 1.165) is 22.5 Å². The third kappa shape index (κ3) is 3.58. The lowest BCUT2D eigenvalue weighted by atomic mass is 10.1. The first-order valence-electron chi connectivity index (χ1n) is 6.83. The Balaban J connectivity index is 1.54. The maximum atomic E-state index is 12.5. The van der Waals surface area contributed by atoms with Gasteiger partial charge in [-0.2, -0.15) is 18.0 Å². The van der Waals surface area contributed by atoms with Crippen LogP contribution in [0.3, 0.4) is 0 Å². The molecule has 0 bridgehead atoms. The normalized spacial score (nSPS) is 20.3. The van der Waals surface area contributed by atoms with Gasteiger partial charge in [-0.1, -0.05) is 17.2 Å². The van der Waals surface area contributed by atoms with Gasteiger partial charge in [-0.25, -0.2) is 0 Å². The summed E-state index contributed by atoms with van der Waals surface area (Å²) < 4.78 is 37.5. The van der Waals surface area contributed by atoms with Crippen LogP contribution in [0, 0.1) is 0 Å². The zero-order valence-electron chi connectivity index (χ0n) is 11.8. The molecule has 2 atom stereocenters. The fourth-order valence-electron chi connectivity index (χ4n) is 2.35. The number of halogens is 3. The van der Waals surface area contributed by atoms with Gasteiger partial charge in [-0.3, -0.25) is 4.79 Å². The van der Waals surface area contributed by atoms with Gasteiger partial charge in [-0.15, -0.1) is 5.10 Å². The van der Waals surface area contributed by atoms with Crippen molar-refractivity contribution in [3.05, 3.63) is 35.4 Å². The molecule has 3 rings (SSSR count). The molecule has 122 valence electrons. The van der Waals surface area contributed by atoms with Gasteiger partial charge in [0.05, 0.1) is 5.56 Å². The highest BCUT2D eigenvalue weighted by molar-refractivity contribution is 5.76. The van der Waals surface area contributed by atoms with Crippen LogP contribution < -0.4 is 11.1 Å². The zero-order chi connectivity index (χ0) is 16.6. The number of rotatable bonds is 4. The summed E-state index contributed by atoms with van der Waals surface area (Å²) in [5.41, 5.74) is 5.38. The average molecular weight is 326 g/mol. The standard InChI is InChI=1S/C13H13F3N6O/c14-13(15,16)8-3-1-7(2-4-8)9-5-10(9)18-11(23)6-22-20-12(17)19-21-22/h1-4,9-10H,5-6H2,(H2,17,20)(H,18,23)/t9-,10+/m0/s1. The topological polar surface area (TPSA) is 98.7 Å². The van der Waals surface area contributed by atoms with Gasteiger partial charge >= 0.3 is 6.18 Å². The molecule has 0 radical (unpaired) electrons. The number of carbonyl (C=O) groups is 1. The van der Waals surface area contributed by atoms with Crippen LogP contribution in [0.5, 0.6) is 0 Å². The van der Waals surface area contributed by atoms with E-state index >= 15 is 0 Å². The average Bonchev–Trinajstić information content (AvgIpc) is 3.11. The summed E-state index contributed by atoms with van der Waals surface area (Å²) in [7, 11) is 0. The minimum absolute atomic E-state index is 0.0214. The van der Waals surface area contributed by atoms with E-state index in [1.54, 1.807) is 0 Å². The molecule has 1 aliphatic carbocycles. The molecule has 1 fully saturated rings. The number of benzene rings is 1. The van der Waals surface area contributed by atoms with Crippen LogP contribution in [0.25, 0.3) is 0 Å². The van der Waals surface area contributed by atoms with Crippen molar-refractivity contribution in [1.82, 2.24) is 25.5 Å². The summed E-state index contributed by atoms with van der Waals surface area (Å²) in [4.78, 5) is 12.9. The molecule has 1 aromatic heterocycles. The molecule has 0 unspecified atom stereocenters. The number of carbonyl (C=O) groups excluding carboxylic acids is 1. The van der Waals surface area contributed by atoms with E-state index in [0.29, 0.717) is 6.42 Å². The monoisotopic (exact) mass is 326 g/mol. The van der Waals surface area contributed by atoms with Crippen molar-refractivity contribution in [3.63, 3.8) is 0 Å². The van der Waals surface area contributed by atoms with Crippen molar-refractivity contribution in [2.24, 2.45) is 0 Å². The predicted octanol–water partition coefficient (Wildman–Crippen LogP) is 0.946. The van der Waals surface area contributed by atoms with Gasteiger partial charge in [0.15, 0.2) is 0 Å². The number of hydrogen-bond acceptors (Lipinski definition) is 5. The highest BCUT2D eigenvalue weighted by Crippen LogP contribution is 2.41. The Morgan fingerprint density at radius 1 is 1.35 bits per heavy atom. The summed E-state index contributed by atoms with van der Waals surface area (Å²) in [6.07, 6.45) is -3.66. The summed E-state index contributed by atoms with van der Waals surface area (Å²) in [6, 6.07) is 4.89. The Hall–Kier alpha value is -2.65. The lowest BCUT2D eigenvalue weighted by Gasteiger charge is -2.08. The highest BCUT2D eigenvalue weighted by atomic mass is 19.4. The molecule has 1 saturated carbocycles. The smallest absolute Gasteiger partial charge is 0.365 e. The number of alkyl halides is 3. The summed E-state index contributed by atoms with van der Waals surface area (Å²) >= 11 is 0. The van der Waals surface area contributed by atoms with E-state index in [-0.39, 0.29) is 30.4 Å². The first kappa shape index (κ1) is 15.3. The van der Waals surface area contributed by atoms with Gasteiger partial charge < -0.3 is 11.1 Å². The largest absolute Gasteiger partial charge is 0.416 e. The fraction of sp³-hybridized carbons (Fsp3) is 0.385. The summed E-state index contributed by atoms with van der Waals surface area (Å²) in [6.45, 7) is -0.111. The van der Waals surface area contributed by atoms with Crippen LogP contribution in [-0.2, 0) is 17.5 Å². The van der Waals surface area contributed by atoms with Crippen molar-refractivity contribution in [2.75, 3.05) is 5.73 Å². The number of nitrogens with one attached hydrogen (secondary N) is 1. The third-order valence-electron chi connectivity index (χ3n) is 3.56. The Labute approximate surface area is 128 Å². The number of nitrogens with two attached hydrogens (primary N) is 1. The highest BCUT2D eigenvalue weighted by Gasteiger charge is 2.40. The number of nitrogen functional groups attached to an aromatic ring is 1. The van der Waals surface area contributed by atoms with E-state index in [4.69, 9.17) is 5.73 Å². The molecular formula is C13H13F3N6O. The number of anilines is 1. The number of tetrazole rings is 1. The Morgan fingerprint density at radius 2 is 2.04 bits per heavy atom. The second kappa shape index (κ2) is 5.52. The maximum absolute atomic E-state index is 12.5. The quantitative estimate of drug-likeness (QED) is 0.871. The number of amides is 1. The summed E-state index contributed by atoms with van der Waals surface area (Å²) in [5.74, 6) is -0.302. The molecule has 10 heteroatoms. The second-order valence-electron chi connectivity index (χ2n) is 5.31. The fourth-order valence-corrected chi connectivity index (χ4v) is 2.35. The number of hydrogen-bond donors (Lipinski definition) is 2. The van der Waals surface area contributed by atoms with E-state index in [2.05, 4.69) is 20.7 Å². The zero-order valence-corrected chi connectivity index (χ0v) is 11.8. The van der Waals surface area contributed by atoms with Crippen LogP contribution in [0.15, 0.2) is 24.3 Å². The lowest BCUT2D eigenvalue weighted by molar-refractivity contribution is -0.137. The van der Waals surface area contributed by atoms with E-state index in [1.165, 1.54) is 12.1 Å². The summed E-state index contributed by atoms with van der Waals surface area (Å²) in [5, 5.41) is 13.5. The van der Waals surface area contributed by atoms with E-state index in [9.17, 15) is 18.0 Å². The molecule has 1 amide bonds. The molecule has 0 spiro atoms. The Bertz CT molecular complexity index is 711. The van der Waals surface area contributed by atoms with Crippen molar-refractivity contribution >= 4 is 11.9 Å². The lowest BCUT2D eigenvalue weighted by Crippen LogP contribution is -2.31. The Morgan fingerprint density at radius 3 is 2.61 bits per heavy atom. The minimum Gasteiger partial charge on any atom is -0.365 e. The molecule has 1 aromatic carbocycles. The van der Waals surface area contributed by atoms with Crippen molar-refractivity contribution in [2.45, 2.75) is 31.1 Å². The van der Waals surface area contributed by atoms with Crippen LogP contribution in [0.1, 0.15) is 23.5 Å². The first-order chi connectivity index (χ1) is 10.8. The molecule has 0 saturated heterocycles. The number of aromatic nitrogens is 4. The molecule has 1 aliphatic rings. The van der Waals surface area contributed by atoms with Crippen molar-refractivity contribution in [3.8, 4) is 0 Å². The van der Waals surface area contributed by atoms with Crippen molar-refractivity contribution in [1.29, 1.82) is 0 Å². The maximum Gasteiger partial charge on any atom is 0.416 e. The van der Waals surface area contributed by atoms with Crippen molar-refractivity contribution < 1.29 is 18.0 Å². The molecule has 23 heavy (non-hydrogen) atoms. The van der Waals surface area contributed by atoms with Crippen LogP contribution >= 0.6 is 0 Å². The van der Waals surface area contributed by atoms with Gasteiger partial charge in [0.25, 0.3) is 5.95 Å². The van der Waals surface area contributed by atoms with Crippen LogP contribution in [-0.4, -0.2) is 32.2 Å². The minimum atomic E-state index is -4.34. The Kier molecular flexibility index (Phi) is 3.66. The van der Waals surface area contributed by atoms with Crippen LogP contribution in [0.2, 0.25) is 0 Å². The van der Waals surface area contributed by atoms with E-state index in [1.807, 2.05) is 0 Å². The molecule has 7 nitrogen and oxygen atoms in total. The first-order valence-corrected chi connectivity index (χ1v) is 6.83. The molecular weight excluding hydrogens is 313 g/mol. The molecule has 1 heterocycles. The number of nitrogens with zero attached hydrogens (tertiary/aromatic N) is 4. The van der Waals surface area contributed by atoms with Gasteiger partial charge in [0, 0.05) is 12.0 Å². The molecule has 0 aliphatic heterocycles. The van der Waals surface area contributed by atoms with Crippen LogP contribution in [0.4, 0.5) is 19.1 Å². The second-order valence-corrected chi connectivity index (χ2v) is 5.31. The van der Waals surface area contributed by atoms with Gasteiger partial charge in [0.2, 0.25) is 5.91 Å². The predicted molar refractivity (Wildman–Crippen MR) is 73.0 cm³/mol. The van der Waals surface area contributed by atoms with Gasteiger partial charge in [0.1, 0.15) is 6.54 Å². The SMILES string of the molecule is Nc1nnn(CC(=O)N[C@@H]2C[C@H]2c2ccc(C(F)(F)F)cc2)n1. The van der Waals surface area contributed by atoms with Gasteiger partial charge in [-0.05, 0) is 29.3 Å².